The molecule has 7 heteroatoms. The molecule has 0 saturated heterocycles. The molecule has 0 aliphatic rings. The van der Waals surface area contributed by atoms with E-state index in [0.29, 0.717) is 11.1 Å². The van der Waals surface area contributed by atoms with Crippen molar-refractivity contribution < 1.29 is 14.8 Å². The second kappa shape index (κ2) is 6.29. The summed E-state index contributed by atoms with van der Waals surface area (Å²) in [5.41, 5.74) is 3.28. The summed E-state index contributed by atoms with van der Waals surface area (Å²) in [4.78, 5) is 21.7. The Balaban J connectivity index is 1.97. The number of carbonyl (C=O) groups is 1. The number of hydrogen-bond donors (Lipinski definition) is 2. The summed E-state index contributed by atoms with van der Waals surface area (Å²) < 4.78 is 0. The van der Waals surface area contributed by atoms with E-state index in [1.165, 1.54) is 54.7 Å². The number of nitrogens with one attached hydrogen (secondary N) is 1. The number of non-ortho nitro benzene ring substituents is 1. The highest BCUT2D eigenvalue weighted by Gasteiger charge is 2.04. The Morgan fingerprint density at radius 1 is 1.14 bits per heavy atom. The van der Waals surface area contributed by atoms with Gasteiger partial charge < -0.3 is 5.11 Å². The lowest BCUT2D eigenvalue weighted by molar-refractivity contribution is -0.384. The van der Waals surface area contributed by atoms with Gasteiger partial charge in [0.2, 0.25) is 0 Å². The standard InChI is InChI=1S/C14H11N3O4/c18-13-7-3-11(4-8-13)14(19)16-15-9-10-1-5-12(6-2-10)17(20)21/h1-9,18H,(H,16,19). The first-order chi connectivity index (χ1) is 10.1. The molecule has 0 atom stereocenters. The van der Waals surface area contributed by atoms with Crippen LogP contribution >= 0.6 is 0 Å². The largest absolute Gasteiger partial charge is 0.508 e. The second-order valence-corrected chi connectivity index (χ2v) is 4.09. The number of phenols is 1. The number of nitro benzene ring substituents is 1. The predicted octanol–water partition coefficient (Wildman–Crippen LogP) is 2.06. The number of rotatable bonds is 4. The van der Waals surface area contributed by atoms with Crippen LogP contribution in [0.1, 0.15) is 15.9 Å². The molecule has 0 heterocycles. The molecule has 7 nitrogen and oxygen atoms in total. The van der Waals surface area contributed by atoms with E-state index in [2.05, 4.69) is 10.5 Å². The summed E-state index contributed by atoms with van der Waals surface area (Å²) in [6.45, 7) is 0. The Hall–Kier alpha value is -3.22. The van der Waals surface area contributed by atoms with Crippen molar-refractivity contribution in [2.75, 3.05) is 0 Å². The van der Waals surface area contributed by atoms with Gasteiger partial charge in [0.15, 0.2) is 0 Å². The van der Waals surface area contributed by atoms with Crippen molar-refractivity contribution in [3.8, 4) is 5.75 Å². The van der Waals surface area contributed by atoms with Gasteiger partial charge in [0.25, 0.3) is 11.6 Å². The minimum atomic E-state index is -0.493. The molecule has 21 heavy (non-hydrogen) atoms. The van der Waals surface area contributed by atoms with E-state index in [1.54, 1.807) is 0 Å². The molecule has 106 valence electrons. The van der Waals surface area contributed by atoms with E-state index in [-0.39, 0.29) is 11.4 Å². The van der Waals surface area contributed by atoms with Gasteiger partial charge in [0, 0.05) is 17.7 Å². The fraction of sp³-hybridized carbons (Fsp3) is 0. The number of nitrogens with zero attached hydrogens (tertiary/aromatic N) is 2. The predicted molar refractivity (Wildman–Crippen MR) is 76.3 cm³/mol. The maximum absolute atomic E-state index is 11.7. The number of phenolic OH excluding ortho intramolecular Hbond substituents is 1. The second-order valence-electron chi connectivity index (χ2n) is 4.09. The number of carbonyl (C=O) groups excluding carboxylic acids is 1. The molecule has 0 radical (unpaired) electrons. The maximum Gasteiger partial charge on any atom is 0.271 e. The van der Waals surface area contributed by atoms with Crippen molar-refractivity contribution in [3.63, 3.8) is 0 Å². The van der Waals surface area contributed by atoms with E-state index in [1.807, 2.05) is 0 Å². The van der Waals surface area contributed by atoms with Crippen molar-refractivity contribution in [2.45, 2.75) is 0 Å². The van der Waals surface area contributed by atoms with Crippen molar-refractivity contribution in [1.82, 2.24) is 5.43 Å². The van der Waals surface area contributed by atoms with E-state index >= 15 is 0 Å². The number of benzene rings is 2. The summed E-state index contributed by atoms with van der Waals surface area (Å²) in [7, 11) is 0. The van der Waals surface area contributed by atoms with Crippen LogP contribution in [-0.4, -0.2) is 22.2 Å². The van der Waals surface area contributed by atoms with Crippen molar-refractivity contribution in [1.29, 1.82) is 0 Å². The van der Waals surface area contributed by atoms with E-state index in [9.17, 15) is 14.9 Å². The topological polar surface area (TPSA) is 105 Å². The molecule has 0 aliphatic heterocycles. The average Bonchev–Trinajstić information content (AvgIpc) is 2.48. The summed E-state index contributed by atoms with van der Waals surface area (Å²) in [5, 5.41) is 23.4. The Morgan fingerprint density at radius 3 is 2.33 bits per heavy atom. The quantitative estimate of drug-likeness (QED) is 0.509. The minimum absolute atomic E-state index is 0.0136. The number of hydrogen-bond acceptors (Lipinski definition) is 5. The third-order valence-electron chi connectivity index (χ3n) is 2.61. The van der Waals surface area contributed by atoms with Gasteiger partial charge in [-0.3, -0.25) is 14.9 Å². The highest BCUT2D eigenvalue weighted by atomic mass is 16.6. The molecule has 0 saturated carbocycles. The van der Waals surface area contributed by atoms with Crippen LogP contribution in [0.25, 0.3) is 0 Å². The first-order valence-electron chi connectivity index (χ1n) is 5.93. The molecular formula is C14H11N3O4. The van der Waals surface area contributed by atoms with E-state index in [0.717, 1.165) is 0 Å². The highest BCUT2D eigenvalue weighted by molar-refractivity contribution is 5.94. The molecule has 0 unspecified atom stereocenters. The Kier molecular flexibility index (Phi) is 4.25. The van der Waals surface area contributed by atoms with Gasteiger partial charge in [-0.15, -0.1) is 0 Å². The van der Waals surface area contributed by atoms with Gasteiger partial charge in [-0.1, -0.05) is 0 Å². The van der Waals surface area contributed by atoms with Gasteiger partial charge in [-0.25, -0.2) is 5.43 Å². The van der Waals surface area contributed by atoms with Gasteiger partial charge in [0.05, 0.1) is 11.1 Å². The highest BCUT2D eigenvalue weighted by Crippen LogP contribution is 2.11. The zero-order chi connectivity index (χ0) is 15.2. The molecule has 2 N–H and O–H groups in total. The third-order valence-corrected chi connectivity index (χ3v) is 2.61. The lowest BCUT2D eigenvalue weighted by Gasteiger charge is -1.99. The molecule has 2 aromatic rings. The Bertz CT molecular complexity index is 678. The van der Waals surface area contributed by atoms with Crippen LogP contribution in [0.4, 0.5) is 5.69 Å². The molecule has 1 amide bonds. The van der Waals surface area contributed by atoms with Gasteiger partial charge in [-0.05, 0) is 42.0 Å². The summed E-state index contributed by atoms with van der Waals surface area (Å²) in [6, 6.07) is 11.5. The van der Waals surface area contributed by atoms with Crippen LogP contribution in [0.15, 0.2) is 53.6 Å². The van der Waals surface area contributed by atoms with E-state index in [4.69, 9.17) is 5.11 Å². The first kappa shape index (κ1) is 14.2. The zero-order valence-corrected chi connectivity index (χ0v) is 10.8. The first-order valence-corrected chi connectivity index (χ1v) is 5.93. The van der Waals surface area contributed by atoms with Crippen LogP contribution in [0.5, 0.6) is 5.75 Å². The van der Waals surface area contributed by atoms with Crippen molar-refractivity contribution in [2.24, 2.45) is 5.10 Å². The van der Waals surface area contributed by atoms with Crippen LogP contribution in [0, 0.1) is 10.1 Å². The third kappa shape index (κ3) is 3.87. The lowest BCUT2D eigenvalue weighted by atomic mass is 10.2. The molecule has 0 bridgehead atoms. The fourth-order valence-corrected chi connectivity index (χ4v) is 1.52. The smallest absolute Gasteiger partial charge is 0.271 e. The molecule has 2 rings (SSSR count). The SMILES string of the molecule is O=C(NN=Cc1ccc([N+](=O)[O-])cc1)c1ccc(O)cc1. The Labute approximate surface area is 119 Å². The summed E-state index contributed by atoms with van der Waals surface area (Å²) in [5.74, 6) is -0.353. The van der Waals surface area contributed by atoms with Gasteiger partial charge >= 0.3 is 0 Å². The normalized spacial score (nSPS) is 10.5. The summed E-state index contributed by atoms with van der Waals surface area (Å²) >= 11 is 0. The minimum Gasteiger partial charge on any atom is -0.508 e. The number of aromatic hydroxyl groups is 1. The lowest BCUT2D eigenvalue weighted by Crippen LogP contribution is -2.17. The number of nitro groups is 1. The molecule has 0 spiro atoms. The van der Waals surface area contributed by atoms with Gasteiger partial charge in [0.1, 0.15) is 5.75 Å². The fourth-order valence-electron chi connectivity index (χ4n) is 1.52. The molecular weight excluding hydrogens is 274 g/mol. The van der Waals surface area contributed by atoms with Crippen LogP contribution in [0.3, 0.4) is 0 Å². The van der Waals surface area contributed by atoms with Crippen molar-refractivity contribution in [3.05, 3.63) is 69.8 Å². The Morgan fingerprint density at radius 2 is 1.76 bits per heavy atom. The molecule has 0 aliphatic carbocycles. The summed E-state index contributed by atoms with van der Waals surface area (Å²) in [6.07, 6.45) is 1.38. The van der Waals surface area contributed by atoms with Crippen molar-refractivity contribution >= 4 is 17.8 Å². The van der Waals surface area contributed by atoms with Crippen LogP contribution in [-0.2, 0) is 0 Å². The number of hydrazone groups is 1. The van der Waals surface area contributed by atoms with Crippen LogP contribution in [0.2, 0.25) is 0 Å². The number of amides is 1. The van der Waals surface area contributed by atoms with Crippen LogP contribution < -0.4 is 5.43 Å². The molecule has 2 aromatic carbocycles. The monoisotopic (exact) mass is 285 g/mol. The van der Waals surface area contributed by atoms with E-state index < -0.39 is 10.8 Å². The maximum atomic E-state index is 11.7. The molecule has 0 fully saturated rings. The zero-order valence-electron chi connectivity index (χ0n) is 10.8. The van der Waals surface area contributed by atoms with Gasteiger partial charge in [-0.2, -0.15) is 5.10 Å². The average molecular weight is 285 g/mol. The molecule has 0 aromatic heterocycles.